The van der Waals surface area contributed by atoms with Crippen molar-refractivity contribution in [3.05, 3.63) is 36.1 Å². The van der Waals surface area contributed by atoms with E-state index in [1.165, 1.54) is 0 Å². The van der Waals surface area contributed by atoms with Crippen LogP contribution >= 0.6 is 0 Å². The second kappa shape index (κ2) is 4.74. The van der Waals surface area contributed by atoms with Crippen LogP contribution in [0.1, 0.15) is 6.42 Å². The average Bonchev–Trinajstić information content (AvgIpc) is 2.28. The summed E-state index contributed by atoms with van der Waals surface area (Å²) in [6.07, 6.45) is 11.4. The van der Waals surface area contributed by atoms with Crippen LogP contribution in [-0.4, -0.2) is 13.8 Å². The van der Waals surface area contributed by atoms with E-state index in [1.807, 2.05) is 12.2 Å². The molecule has 0 bridgehead atoms. The van der Waals surface area contributed by atoms with Gasteiger partial charge in [0.2, 0.25) is 0 Å². The lowest BCUT2D eigenvalue weighted by molar-refractivity contribution is 0.185. The molecule has 0 aromatic rings. The van der Waals surface area contributed by atoms with E-state index in [2.05, 4.69) is 23.5 Å². The molecule has 0 aromatic heterocycles. The lowest BCUT2D eigenvalue weighted by Gasteiger charge is -2.03. The van der Waals surface area contributed by atoms with Crippen LogP contribution in [0.5, 0.6) is 0 Å². The molecule has 1 rings (SSSR count). The Bertz CT molecular complexity index is 192. The van der Waals surface area contributed by atoms with Crippen molar-refractivity contribution < 1.29 is 4.74 Å². The monoisotopic (exact) mass is 151 g/mol. The van der Waals surface area contributed by atoms with E-state index in [4.69, 9.17) is 4.74 Å². The van der Waals surface area contributed by atoms with Crippen molar-refractivity contribution in [1.29, 1.82) is 0 Å². The normalized spacial score (nSPS) is 15.9. The lowest BCUT2D eigenvalue weighted by atomic mass is 10.3. The molecule has 2 heteroatoms. The zero-order valence-corrected chi connectivity index (χ0v) is 6.71. The van der Waals surface area contributed by atoms with Gasteiger partial charge < -0.3 is 10.1 Å². The summed E-state index contributed by atoms with van der Waals surface area (Å²) < 4.78 is 4.88. The standard InChI is InChI=1S/C9H13NO/c1-11-8-10-9-6-4-2-3-5-7-9/h2,4-7,10H,3,8H2,1H3. The van der Waals surface area contributed by atoms with Crippen LogP contribution in [0, 0.1) is 0 Å². The summed E-state index contributed by atoms with van der Waals surface area (Å²) in [5.41, 5.74) is 1.10. The van der Waals surface area contributed by atoms with Gasteiger partial charge in [0.15, 0.2) is 0 Å². The highest BCUT2D eigenvalue weighted by molar-refractivity contribution is 5.25. The second-order valence-electron chi connectivity index (χ2n) is 2.30. The van der Waals surface area contributed by atoms with Crippen molar-refractivity contribution in [1.82, 2.24) is 5.32 Å². The molecule has 0 aliphatic heterocycles. The highest BCUT2D eigenvalue weighted by Crippen LogP contribution is 2.00. The fourth-order valence-corrected chi connectivity index (χ4v) is 0.853. The van der Waals surface area contributed by atoms with Gasteiger partial charge in [-0.15, -0.1) is 0 Å². The smallest absolute Gasteiger partial charge is 0.116 e. The highest BCUT2D eigenvalue weighted by atomic mass is 16.5. The van der Waals surface area contributed by atoms with E-state index in [9.17, 15) is 0 Å². The summed E-state index contributed by atoms with van der Waals surface area (Å²) in [5.74, 6) is 0. The molecule has 0 fully saturated rings. The predicted molar refractivity (Wildman–Crippen MR) is 46.0 cm³/mol. The van der Waals surface area contributed by atoms with E-state index in [0.717, 1.165) is 12.1 Å². The Labute approximate surface area is 67.2 Å². The molecule has 1 N–H and O–H groups in total. The molecule has 0 aromatic carbocycles. The van der Waals surface area contributed by atoms with Gasteiger partial charge in [0, 0.05) is 12.8 Å². The van der Waals surface area contributed by atoms with Gasteiger partial charge in [0.05, 0.1) is 0 Å². The molecule has 11 heavy (non-hydrogen) atoms. The summed E-state index contributed by atoms with van der Waals surface area (Å²) in [4.78, 5) is 0. The Kier molecular flexibility index (Phi) is 3.48. The summed E-state index contributed by atoms with van der Waals surface area (Å²) >= 11 is 0. The highest BCUT2D eigenvalue weighted by Gasteiger charge is 1.89. The first-order chi connectivity index (χ1) is 5.43. The quantitative estimate of drug-likeness (QED) is 0.618. The number of methoxy groups -OCH3 is 1. The Morgan fingerprint density at radius 3 is 3.27 bits per heavy atom. The van der Waals surface area contributed by atoms with Gasteiger partial charge in [0.25, 0.3) is 0 Å². The first-order valence-electron chi connectivity index (χ1n) is 3.69. The first-order valence-corrected chi connectivity index (χ1v) is 3.69. The summed E-state index contributed by atoms with van der Waals surface area (Å²) in [6.45, 7) is 0.560. The van der Waals surface area contributed by atoms with E-state index in [0.29, 0.717) is 6.73 Å². The zero-order valence-electron chi connectivity index (χ0n) is 6.71. The lowest BCUT2D eigenvalue weighted by Crippen LogP contribution is -2.14. The molecule has 0 unspecified atom stereocenters. The molecule has 0 saturated heterocycles. The maximum atomic E-state index is 4.88. The maximum Gasteiger partial charge on any atom is 0.116 e. The second-order valence-corrected chi connectivity index (χ2v) is 2.30. The van der Waals surface area contributed by atoms with Crippen molar-refractivity contribution in [2.24, 2.45) is 0 Å². The van der Waals surface area contributed by atoms with E-state index in [1.54, 1.807) is 7.11 Å². The molecule has 0 amide bonds. The van der Waals surface area contributed by atoms with E-state index in [-0.39, 0.29) is 0 Å². The van der Waals surface area contributed by atoms with Gasteiger partial charge in [0.1, 0.15) is 6.73 Å². The van der Waals surface area contributed by atoms with Crippen LogP contribution < -0.4 is 5.32 Å². The van der Waals surface area contributed by atoms with Crippen LogP contribution in [-0.2, 0) is 4.74 Å². The SMILES string of the molecule is COCNC1=CC=CCC=C1. The topological polar surface area (TPSA) is 21.3 Å². The van der Waals surface area contributed by atoms with Gasteiger partial charge in [-0.05, 0) is 18.6 Å². The van der Waals surface area contributed by atoms with E-state index >= 15 is 0 Å². The van der Waals surface area contributed by atoms with Crippen LogP contribution in [0.3, 0.4) is 0 Å². The van der Waals surface area contributed by atoms with Crippen molar-refractivity contribution >= 4 is 0 Å². The summed E-state index contributed by atoms with van der Waals surface area (Å²) in [6, 6.07) is 0. The van der Waals surface area contributed by atoms with Crippen molar-refractivity contribution in [2.75, 3.05) is 13.8 Å². The number of hydrogen-bond donors (Lipinski definition) is 1. The van der Waals surface area contributed by atoms with Crippen LogP contribution in [0.25, 0.3) is 0 Å². The molecular weight excluding hydrogens is 138 g/mol. The van der Waals surface area contributed by atoms with E-state index < -0.39 is 0 Å². The molecule has 60 valence electrons. The number of nitrogens with one attached hydrogen (secondary N) is 1. The zero-order chi connectivity index (χ0) is 7.94. The van der Waals surface area contributed by atoms with Crippen LogP contribution in [0.15, 0.2) is 36.1 Å². The molecule has 1 aliphatic carbocycles. The number of hydrogen-bond acceptors (Lipinski definition) is 2. The third kappa shape index (κ3) is 3.05. The molecule has 0 saturated carbocycles. The number of rotatable bonds is 3. The Hall–Kier alpha value is -1.02. The average molecular weight is 151 g/mol. The molecule has 0 heterocycles. The van der Waals surface area contributed by atoms with Gasteiger partial charge in [-0.1, -0.05) is 18.2 Å². The molecule has 0 atom stereocenters. The van der Waals surface area contributed by atoms with Crippen molar-refractivity contribution in [3.8, 4) is 0 Å². The minimum absolute atomic E-state index is 0.560. The fourth-order valence-electron chi connectivity index (χ4n) is 0.853. The Morgan fingerprint density at radius 2 is 2.45 bits per heavy atom. The molecule has 1 aliphatic rings. The van der Waals surface area contributed by atoms with Gasteiger partial charge in [-0.25, -0.2) is 0 Å². The van der Waals surface area contributed by atoms with Crippen LogP contribution in [0.2, 0.25) is 0 Å². The number of allylic oxidation sites excluding steroid dienone is 5. The predicted octanol–water partition coefficient (Wildman–Crippen LogP) is 1.58. The van der Waals surface area contributed by atoms with Gasteiger partial charge in [-0.3, -0.25) is 0 Å². The Balaban J connectivity index is 2.42. The largest absolute Gasteiger partial charge is 0.365 e. The maximum absolute atomic E-state index is 4.88. The summed E-state index contributed by atoms with van der Waals surface area (Å²) in [7, 11) is 1.67. The van der Waals surface area contributed by atoms with Crippen molar-refractivity contribution in [3.63, 3.8) is 0 Å². The third-order valence-corrected chi connectivity index (χ3v) is 1.40. The minimum atomic E-state index is 0.560. The van der Waals surface area contributed by atoms with Gasteiger partial charge in [-0.2, -0.15) is 0 Å². The molecule has 0 radical (unpaired) electrons. The molecular formula is C9H13NO. The number of ether oxygens (including phenoxy) is 1. The van der Waals surface area contributed by atoms with Crippen molar-refractivity contribution in [2.45, 2.75) is 6.42 Å². The fraction of sp³-hybridized carbons (Fsp3) is 0.333. The van der Waals surface area contributed by atoms with Crippen LogP contribution in [0.4, 0.5) is 0 Å². The third-order valence-electron chi connectivity index (χ3n) is 1.40. The Morgan fingerprint density at radius 1 is 1.55 bits per heavy atom. The molecule has 2 nitrogen and oxygen atoms in total. The summed E-state index contributed by atoms with van der Waals surface area (Å²) in [5, 5.41) is 3.11. The van der Waals surface area contributed by atoms with Gasteiger partial charge >= 0.3 is 0 Å². The molecule has 0 spiro atoms. The minimum Gasteiger partial charge on any atom is -0.365 e. The first kappa shape index (κ1) is 8.08.